The van der Waals surface area contributed by atoms with Crippen LogP contribution in [0.3, 0.4) is 0 Å². The molecule has 0 heterocycles. The van der Waals surface area contributed by atoms with Crippen LogP contribution in [0.2, 0.25) is 0 Å². The van der Waals surface area contributed by atoms with Crippen LogP contribution in [-0.2, 0) is 5.54 Å². The van der Waals surface area contributed by atoms with E-state index in [0.717, 1.165) is 30.0 Å². The van der Waals surface area contributed by atoms with E-state index >= 15 is 0 Å². The first kappa shape index (κ1) is 14.8. The third kappa shape index (κ3) is 3.15. The molecule has 18 heavy (non-hydrogen) atoms. The van der Waals surface area contributed by atoms with Crippen molar-refractivity contribution in [2.45, 2.75) is 25.8 Å². The van der Waals surface area contributed by atoms with Gasteiger partial charge in [0.1, 0.15) is 11.5 Å². The number of methoxy groups -OCH3 is 2. The van der Waals surface area contributed by atoms with E-state index in [1.807, 2.05) is 25.1 Å². The minimum atomic E-state index is -0.532. The molecule has 102 valence electrons. The Balaban J connectivity index is 3.16. The van der Waals surface area contributed by atoms with Gasteiger partial charge in [0, 0.05) is 5.56 Å². The van der Waals surface area contributed by atoms with Gasteiger partial charge in [0.15, 0.2) is 0 Å². The molecule has 1 atom stereocenters. The average molecular weight is 253 g/mol. The van der Waals surface area contributed by atoms with Gasteiger partial charge in [0.05, 0.1) is 26.4 Å². The molecule has 1 aromatic rings. The van der Waals surface area contributed by atoms with Crippen molar-refractivity contribution in [2.24, 2.45) is 0 Å². The zero-order valence-corrected chi connectivity index (χ0v) is 11.6. The van der Waals surface area contributed by atoms with Crippen molar-refractivity contribution in [3.05, 3.63) is 23.8 Å². The molecule has 0 saturated carbocycles. The van der Waals surface area contributed by atoms with Crippen LogP contribution in [0.1, 0.15) is 25.8 Å². The van der Waals surface area contributed by atoms with E-state index in [1.165, 1.54) is 0 Å². The molecule has 1 rings (SSSR count). The van der Waals surface area contributed by atoms with Gasteiger partial charge in [-0.25, -0.2) is 0 Å². The molecule has 0 aromatic heterocycles. The van der Waals surface area contributed by atoms with Crippen LogP contribution in [0.25, 0.3) is 0 Å². The van der Waals surface area contributed by atoms with E-state index in [2.05, 4.69) is 12.2 Å². The molecule has 0 bridgehead atoms. The summed E-state index contributed by atoms with van der Waals surface area (Å²) >= 11 is 0. The number of rotatable bonds is 7. The molecule has 4 nitrogen and oxygen atoms in total. The topological polar surface area (TPSA) is 50.7 Å². The minimum absolute atomic E-state index is 0.00344. The number of hydrogen-bond donors (Lipinski definition) is 2. The van der Waals surface area contributed by atoms with Crippen molar-refractivity contribution in [3.63, 3.8) is 0 Å². The highest BCUT2D eigenvalue weighted by atomic mass is 16.5. The van der Waals surface area contributed by atoms with E-state index in [9.17, 15) is 5.11 Å². The summed E-state index contributed by atoms with van der Waals surface area (Å²) in [5, 5.41) is 13.0. The molecule has 0 radical (unpaired) electrons. The summed E-state index contributed by atoms with van der Waals surface area (Å²) < 4.78 is 10.6. The Kier molecular flexibility index (Phi) is 5.44. The molecule has 0 aliphatic carbocycles. The van der Waals surface area contributed by atoms with Gasteiger partial charge in [-0.3, -0.25) is 0 Å². The highest BCUT2D eigenvalue weighted by Crippen LogP contribution is 2.32. The number of benzene rings is 1. The number of hydrogen-bond acceptors (Lipinski definition) is 4. The fourth-order valence-corrected chi connectivity index (χ4v) is 1.88. The van der Waals surface area contributed by atoms with E-state index < -0.39 is 5.54 Å². The summed E-state index contributed by atoms with van der Waals surface area (Å²) in [6, 6.07) is 5.60. The van der Waals surface area contributed by atoms with E-state index in [4.69, 9.17) is 9.47 Å². The second kappa shape index (κ2) is 6.61. The second-order valence-electron chi connectivity index (χ2n) is 4.48. The molecule has 0 aliphatic heterocycles. The van der Waals surface area contributed by atoms with Gasteiger partial charge in [0.2, 0.25) is 0 Å². The molecule has 1 unspecified atom stereocenters. The first-order valence-corrected chi connectivity index (χ1v) is 6.19. The predicted octanol–water partition coefficient (Wildman–Crippen LogP) is 1.91. The van der Waals surface area contributed by atoms with E-state index in [1.54, 1.807) is 14.2 Å². The molecule has 0 fully saturated rings. The van der Waals surface area contributed by atoms with Gasteiger partial charge in [-0.15, -0.1) is 0 Å². The van der Waals surface area contributed by atoms with Crippen molar-refractivity contribution in [1.29, 1.82) is 0 Å². The van der Waals surface area contributed by atoms with Gasteiger partial charge < -0.3 is 19.9 Å². The Morgan fingerprint density at radius 1 is 1.28 bits per heavy atom. The highest BCUT2D eigenvalue weighted by molar-refractivity contribution is 5.44. The fraction of sp³-hybridized carbons (Fsp3) is 0.571. The van der Waals surface area contributed by atoms with Crippen LogP contribution in [-0.4, -0.2) is 32.5 Å². The molecule has 1 aromatic carbocycles. The van der Waals surface area contributed by atoms with Crippen molar-refractivity contribution in [2.75, 3.05) is 27.4 Å². The number of aliphatic hydroxyl groups is 1. The summed E-state index contributed by atoms with van der Waals surface area (Å²) in [6.07, 6.45) is 1.00. The summed E-state index contributed by atoms with van der Waals surface area (Å²) in [5.41, 5.74) is 0.371. The van der Waals surface area contributed by atoms with Crippen LogP contribution in [0.4, 0.5) is 0 Å². The first-order valence-electron chi connectivity index (χ1n) is 6.19. The maximum atomic E-state index is 9.69. The molecule has 0 saturated heterocycles. The van der Waals surface area contributed by atoms with Crippen molar-refractivity contribution >= 4 is 0 Å². The molecule has 4 heteroatoms. The van der Waals surface area contributed by atoms with E-state index in [-0.39, 0.29) is 6.61 Å². The standard InChI is InChI=1S/C14H23NO3/c1-5-8-15-14(2,10-16)12-9-11(17-3)6-7-13(12)18-4/h6-7,9,15-16H,5,8,10H2,1-4H3. The number of ether oxygens (including phenoxy) is 2. The third-order valence-corrected chi connectivity index (χ3v) is 3.08. The summed E-state index contributed by atoms with van der Waals surface area (Å²) in [7, 11) is 3.25. The van der Waals surface area contributed by atoms with Crippen LogP contribution >= 0.6 is 0 Å². The highest BCUT2D eigenvalue weighted by Gasteiger charge is 2.28. The summed E-state index contributed by atoms with van der Waals surface area (Å²) in [5.74, 6) is 1.50. The van der Waals surface area contributed by atoms with Gasteiger partial charge in [-0.05, 0) is 38.1 Å². The third-order valence-electron chi connectivity index (χ3n) is 3.08. The monoisotopic (exact) mass is 253 g/mol. The number of aliphatic hydroxyl groups excluding tert-OH is 1. The predicted molar refractivity (Wildman–Crippen MR) is 72.3 cm³/mol. The SMILES string of the molecule is CCCNC(C)(CO)c1cc(OC)ccc1OC. The number of nitrogens with one attached hydrogen (secondary N) is 1. The Bertz CT molecular complexity index is 381. The van der Waals surface area contributed by atoms with E-state index in [0.29, 0.717) is 0 Å². The lowest BCUT2D eigenvalue weighted by molar-refractivity contribution is 0.171. The smallest absolute Gasteiger partial charge is 0.124 e. The van der Waals surface area contributed by atoms with Crippen molar-refractivity contribution in [3.8, 4) is 11.5 Å². The molecule has 2 N–H and O–H groups in total. The van der Waals surface area contributed by atoms with Crippen molar-refractivity contribution < 1.29 is 14.6 Å². The van der Waals surface area contributed by atoms with Crippen LogP contribution in [0.15, 0.2) is 18.2 Å². The maximum absolute atomic E-state index is 9.69. The Labute approximate surface area is 109 Å². The van der Waals surface area contributed by atoms with Gasteiger partial charge in [-0.1, -0.05) is 6.92 Å². The van der Waals surface area contributed by atoms with Gasteiger partial charge in [0.25, 0.3) is 0 Å². The Morgan fingerprint density at radius 2 is 2.00 bits per heavy atom. The quantitative estimate of drug-likeness (QED) is 0.779. The van der Waals surface area contributed by atoms with Crippen LogP contribution in [0, 0.1) is 0 Å². The first-order chi connectivity index (χ1) is 8.61. The molecular weight excluding hydrogens is 230 g/mol. The van der Waals surface area contributed by atoms with Gasteiger partial charge in [-0.2, -0.15) is 0 Å². The Morgan fingerprint density at radius 3 is 2.50 bits per heavy atom. The Hall–Kier alpha value is -1.26. The molecule has 0 aliphatic rings. The lowest BCUT2D eigenvalue weighted by Gasteiger charge is -2.31. The lowest BCUT2D eigenvalue weighted by atomic mass is 9.91. The van der Waals surface area contributed by atoms with Crippen LogP contribution < -0.4 is 14.8 Å². The second-order valence-corrected chi connectivity index (χ2v) is 4.48. The van der Waals surface area contributed by atoms with Crippen molar-refractivity contribution in [1.82, 2.24) is 5.32 Å². The van der Waals surface area contributed by atoms with Crippen LogP contribution in [0.5, 0.6) is 11.5 Å². The zero-order chi connectivity index (χ0) is 13.6. The molecule has 0 spiro atoms. The largest absolute Gasteiger partial charge is 0.497 e. The summed E-state index contributed by atoms with van der Waals surface area (Å²) in [6.45, 7) is 4.88. The fourth-order valence-electron chi connectivity index (χ4n) is 1.88. The van der Waals surface area contributed by atoms with Gasteiger partial charge >= 0.3 is 0 Å². The zero-order valence-electron chi connectivity index (χ0n) is 11.6. The lowest BCUT2D eigenvalue weighted by Crippen LogP contribution is -2.43. The maximum Gasteiger partial charge on any atom is 0.124 e. The molecule has 0 amide bonds. The summed E-state index contributed by atoms with van der Waals surface area (Å²) in [4.78, 5) is 0. The normalized spacial score (nSPS) is 14.1. The average Bonchev–Trinajstić information content (AvgIpc) is 2.43. The minimum Gasteiger partial charge on any atom is -0.497 e. The molecular formula is C14H23NO3.